The Bertz CT molecular complexity index is 587. The fourth-order valence-corrected chi connectivity index (χ4v) is 2.47. The first kappa shape index (κ1) is 12.2. The largest absolute Gasteiger partial charge is 0.443 e. The van der Waals surface area contributed by atoms with Crippen molar-refractivity contribution in [2.24, 2.45) is 5.92 Å². The van der Waals surface area contributed by atoms with Gasteiger partial charge in [0, 0.05) is 25.2 Å². The molecule has 0 aliphatic carbocycles. The van der Waals surface area contributed by atoms with E-state index in [2.05, 4.69) is 10.3 Å². The van der Waals surface area contributed by atoms with Gasteiger partial charge in [-0.1, -0.05) is 0 Å². The molecule has 1 aliphatic heterocycles. The van der Waals surface area contributed by atoms with E-state index in [1.807, 2.05) is 25.2 Å². The van der Waals surface area contributed by atoms with Crippen LogP contribution in [-0.2, 0) is 4.79 Å². The van der Waals surface area contributed by atoms with Gasteiger partial charge in [0.2, 0.25) is 5.91 Å². The second-order valence-corrected chi connectivity index (χ2v) is 5.02. The molecule has 5 nitrogen and oxygen atoms in total. The molecule has 1 aromatic carbocycles. The third-order valence-electron chi connectivity index (χ3n) is 3.70. The van der Waals surface area contributed by atoms with Crippen LogP contribution in [0.5, 0.6) is 0 Å². The van der Waals surface area contributed by atoms with Crippen LogP contribution < -0.4 is 10.2 Å². The lowest BCUT2D eigenvalue weighted by atomic mass is 10.0. The van der Waals surface area contributed by atoms with Crippen molar-refractivity contribution in [1.29, 1.82) is 0 Å². The number of fused-ring (bicyclic) bond motifs is 1. The normalized spacial score (nSPS) is 18.9. The molecule has 19 heavy (non-hydrogen) atoms. The number of anilines is 1. The first-order chi connectivity index (χ1) is 9.24. The van der Waals surface area contributed by atoms with Crippen molar-refractivity contribution in [3.63, 3.8) is 0 Å². The van der Waals surface area contributed by atoms with Gasteiger partial charge in [-0.2, -0.15) is 0 Å². The molecule has 5 heteroatoms. The number of hydrogen-bond donors (Lipinski definition) is 1. The smallest absolute Gasteiger partial charge is 0.227 e. The molecule has 1 atom stereocenters. The molecule has 0 radical (unpaired) electrons. The standard InChI is InChI=1S/C14H17N3O2/c1-17(14(18)6-10-4-5-15-8-10)11-2-3-12-13(7-11)19-9-16-12/h2-3,7,9-10,15H,4-6,8H2,1H3. The van der Waals surface area contributed by atoms with Crippen molar-refractivity contribution in [2.75, 3.05) is 25.0 Å². The molecule has 1 N–H and O–H groups in total. The molecule has 1 aromatic heterocycles. The average molecular weight is 259 g/mol. The number of nitrogens with one attached hydrogen (secondary N) is 1. The minimum absolute atomic E-state index is 0.146. The van der Waals surface area contributed by atoms with Crippen LogP contribution in [0.1, 0.15) is 12.8 Å². The summed E-state index contributed by atoms with van der Waals surface area (Å²) < 4.78 is 5.26. The maximum atomic E-state index is 12.2. The minimum atomic E-state index is 0.146. The number of hydrogen-bond acceptors (Lipinski definition) is 4. The summed E-state index contributed by atoms with van der Waals surface area (Å²) in [4.78, 5) is 18.0. The zero-order valence-electron chi connectivity index (χ0n) is 10.9. The maximum Gasteiger partial charge on any atom is 0.227 e. The Balaban J connectivity index is 1.74. The van der Waals surface area contributed by atoms with E-state index in [1.54, 1.807) is 4.90 Å². The van der Waals surface area contributed by atoms with E-state index in [1.165, 1.54) is 6.39 Å². The summed E-state index contributed by atoms with van der Waals surface area (Å²) in [6.45, 7) is 1.96. The van der Waals surface area contributed by atoms with E-state index in [4.69, 9.17) is 4.42 Å². The van der Waals surface area contributed by atoms with E-state index in [-0.39, 0.29) is 5.91 Å². The summed E-state index contributed by atoms with van der Waals surface area (Å²) in [5.41, 5.74) is 2.37. The SMILES string of the molecule is CN(C(=O)CC1CCNC1)c1ccc2ncoc2c1. The monoisotopic (exact) mass is 259 g/mol. The molecular weight excluding hydrogens is 242 g/mol. The Labute approximate surface area is 111 Å². The molecule has 100 valence electrons. The highest BCUT2D eigenvalue weighted by Gasteiger charge is 2.21. The summed E-state index contributed by atoms with van der Waals surface area (Å²) in [5, 5.41) is 3.28. The van der Waals surface area contributed by atoms with E-state index in [0.717, 1.165) is 30.7 Å². The lowest BCUT2D eigenvalue weighted by Gasteiger charge is -2.19. The van der Waals surface area contributed by atoms with Gasteiger partial charge in [0.25, 0.3) is 0 Å². The molecule has 1 unspecified atom stereocenters. The maximum absolute atomic E-state index is 12.2. The van der Waals surface area contributed by atoms with Gasteiger partial charge in [-0.3, -0.25) is 4.79 Å². The highest BCUT2D eigenvalue weighted by Crippen LogP contribution is 2.22. The second kappa shape index (κ2) is 5.01. The topological polar surface area (TPSA) is 58.4 Å². The molecule has 0 bridgehead atoms. The van der Waals surface area contributed by atoms with Crippen LogP contribution in [0.2, 0.25) is 0 Å². The van der Waals surface area contributed by atoms with Crippen LogP contribution in [0.25, 0.3) is 11.1 Å². The Hall–Kier alpha value is -1.88. The zero-order valence-corrected chi connectivity index (χ0v) is 10.9. The van der Waals surface area contributed by atoms with Crippen LogP contribution in [0.15, 0.2) is 29.0 Å². The molecule has 1 fully saturated rings. The molecule has 2 aromatic rings. The number of oxazole rings is 1. The predicted molar refractivity (Wildman–Crippen MR) is 73.0 cm³/mol. The minimum Gasteiger partial charge on any atom is -0.443 e. The number of nitrogens with zero attached hydrogens (tertiary/aromatic N) is 2. The molecular formula is C14H17N3O2. The number of benzene rings is 1. The third-order valence-corrected chi connectivity index (χ3v) is 3.70. The molecule has 0 spiro atoms. The van der Waals surface area contributed by atoms with Crippen molar-refractivity contribution in [3.8, 4) is 0 Å². The van der Waals surface area contributed by atoms with Crippen LogP contribution in [-0.4, -0.2) is 31.0 Å². The molecule has 3 rings (SSSR count). The lowest BCUT2D eigenvalue weighted by Crippen LogP contribution is -2.28. The van der Waals surface area contributed by atoms with Gasteiger partial charge in [-0.15, -0.1) is 0 Å². The fraction of sp³-hybridized carbons (Fsp3) is 0.429. The summed E-state index contributed by atoms with van der Waals surface area (Å²) in [6, 6.07) is 5.62. The number of amides is 1. The first-order valence-corrected chi connectivity index (χ1v) is 6.54. The van der Waals surface area contributed by atoms with Crippen molar-refractivity contribution >= 4 is 22.7 Å². The summed E-state index contributed by atoms with van der Waals surface area (Å²) >= 11 is 0. The zero-order chi connectivity index (χ0) is 13.2. The van der Waals surface area contributed by atoms with Crippen molar-refractivity contribution < 1.29 is 9.21 Å². The van der Waals surface area contributed by atoms with Crippen molar-refractivity contribution in [3.05, 3.63) is 24.6 Å². The molecule has 0 saturated carbocycles. The third kappa shape index (κ3) is 2.46. The number of carbonyl (C=O) groups is 1. The molecule has 1 amide bonds. The van der Waals surface area contributed by atoms with Crippen molar-refractivity contribution in [2.45, 2.75) is 12.8 Å². The Morgan fingerprint density at radius 3 is 3.26 bits per heavy atom. The van der Waals surface area contributed by atoms with Crippen LogP contribution in [0.3, 0.4) is 0 Å². The van der Waals surface area contributed by atoms with E-state index >= 15 is 0 Å². The van der Waals surface area contributed by atoms with E-state index in [0.29, 0.717) is 17.9 Å². The quantitative estimate of drug-likeness (QED) is 0.913. The van der Waals surface area contributed by atoms with Gasteiger partial charge in [0.1, 0.15) is 5.52 Å². The Morgan fingerprint density at radius 2 is 2.47 bits per heavy atom. The number of rotatable bonds is 3. The van der Waals surface area contributed by atoms with E-state index < -0.39 is 0 Å². The van der Waals surface area contributed by atoms with Gasteiger partial charge in [0.05, 0.1) is 0 Å². The molecule has 1 aliphatic rings. The van der Waals surface area contributed by atoms with E-state index in [9.17, 15) is 4.79 Å². The van der Waals surface area contributed by atoms with Gasteiger partial charge in [-0.05, 0) is 37.6 Å². The van der Waals surface area contributed by atoms with Crippen LogP contribution >= 0.6 is 0 Å². The average Bonchev–Trinajstić information content (AvgIpc) is 3.07. The highest BCUT2D eigenvalue weighted by molar-refractivity contribution is 5.94. The summed E-state index contributed by atoms with van der Waals surface area (Å²) in [6.07, 6.45) is 3.10. The van der Waals surface area contributed by atoms with Crippen molar-refractivity contribution in [1.82, 2.24) is 10.3 Å². The second-order valence-electron chi connectivity index (χ2n) is 5.02. The van der Waals surface area contributed by atoms with Gasteiger partial charge >= 0.3 is 0 Å². The predicted octanol–water partition coefficient (Wildman–Crippen LogP) is 1.79. The van der Waals surface area contributed by atoms with Gasteiger partial charge in [-0.25, -0.2) is 4.98 Å². The van der Waals surface area contributed by atoms with Crippen LogP contribution in [0.4, 0.5) is 5.69 Å². The highest BCUT2D eigenvalue weighted by atomic mass is 16.3. The molecule has 2 heterocycles. The van der Waals surface area contributed by atoms with Gasteiger partial charge in [0.15, 0.2) is 12.0 Å². The number of aromatic nitrogens is 1. The Kier molecular flexibility index (Phi) is 3.21. The number of carbonyl (C=O) groups excluding carboxylic acids is 1. The fourth-order valence-electron chi connectivity index (χ4n) is 2.47. The molecule has 1 saturated heterocycles. The lowest BCUT2D eigenvalue weighted by molar-refractivity contribution is -0.119. The summed E-state index contributed by atoms with van der Waals surface area (Å²) in [5.74, 6) is 0.608. The van der Waals surface area contributed by atoms with Gasteiger partial charge < -0.3 is 14.6 Å². The summed E-state index contributed by atoms with van der Waals surface area (Å²) in [7, 11) is 1.81. The first-order valence-electron chi connectivity index (χ1n) is 6.54. The Morgan fingerprint density at radius 1 is 1.58 bits per heavy atom. The van der Waals surface area contributed by atoms with Crippen LogP contribution in [0, 0.1) is 5.92 Å².